The first-order valence-electron chi connectivity index (χ1n) is 11.8. The molecule has 0 bridgehead atoms. The SMILES string of the molecule is CCCCCc1cc2nc3ccc(N4CCOCC4)cc3sc-2c(N2CCOCC2)c1=O. The Hall–Kier alpha value is -2.22. The van der Waals surface area contributed by atoms with Crippen molar-refractivity contribution in [2.75, 3.05) is 62.4 Å². The number of aryl methyl sites for hydroxylation is 1. The summed E-state index contributed by atoms with van der Waals surface area (Å²) in [6, 6.07) is 8.54. The Bertz CT molecular complexity index is 1100. The summed E-state index contributed by atoms with van der Waals surface area (Å²) in [6.45, 7) is 8.35. The maximum absolute atomic E-state index is 13.6. The van der Waals surface area contributed by atoms with Gasteiger partial charge in [-0.2, -0.15) is 0 Å². The monoisotopic (exact) mass is 453 g/mol. The van der Waals surface area contributed by atoms with E-state index in [1.165, 1.54) is 5.69 Å². The van der Waals surface area contributed by atoms with E-state index in [4.69, 9.17) is 14.5 Å². The van der Waals surface area contributed by atoms with E-state index in [2.05, 4.69) is 34.9 Å². The fourth-order valence-corrected chi connectivity index (χ4v) is 5.76. The van der Waals surface area contributed by atoms with Crippen molar-refractivity contribution in [3.05, 3.63) is 40.1 Å². The number of hydrogen-bond acceptors (Lipinski definition) is 7. The molecule has 0 saturated carbocycles. The second kappa shape index (κ2) is 9.73. The van der Waals surface area contributed by atoms with E-state index in [1.807, 2.05) is 6.07 Å². The van der Waals surface area contributed by atoms with E-state index in [0.717, 1.165) is 97.1 Å². The van der Waals surface area contributed by atoms with Gasteiger partial charge in [-0.1, -0.05) is 19.8 Å². The number of unbranched alkanes of at least 4 members (excludes halogenated alkanes) is 2. The molecule has 0 unspecified atom stereocenters. The molecule has 170 valence electrons. The van der Waals surface area contributed by atoms with Crippen LogP contribution in [0.3, 0.4) is 0 Å². The van der Waals surface area contributed by atoms with Gasteiger partial charge in [0.1, 0.15) is 5.69 Å². The van der Waals surface area contributed by atoms with Crippen molar-refractivity contribution in [1.29, 1.82) is 0 Å². The van der Waals surface area contributed by atoms with E-state index in [9.17, 15) is 4.79 Å². The van der Waals surface area contributed by atoms with Crippen molar-refractivity contribution in [3.63, 3.8) is 0 Å². The Balaban J connectivity index is 1.62. The smallest absolute Gasteiger partial charge is 0.206 e. The molecule has 6 nitrogen and oxygen atoms in total. The molecule has 0 radical (unpaired) electrons. The van der Waals surface area contributed by atoms with Gasteiger partial charge >= 0.3 is 0 Å². The van der Waals surface area contributed by atoms with Gasteiger partial charge in [0.25, 0.3) is 0 Å². The lowest BCUT2D eigenvalue weighted by molar-refractivity contribution is 0.122. The zero-order valence-corrected chi connectivity index (χ0v) is 19.6. The third-order valence-corrected chi connectivity index (χ3v) is 7.57. The molecular formula is C25H31N3O3S. The van der Waals surface area contributed by atoms with Crippen LogP contribution >= 0.6 is 11.3 Å². The zero-order valence-electron chi connectivity index (χ0n) is 18.8. The van der Waals surface area contributed by atoms with Crippen LogP contribution < -0.4 is 15.2 Å². The zero-order chi connectivity index (χ0) is 21.9. The van der Waals surface area contributed by atoms with Gasteiger partial charge in [-0.25, -0.2) is 4.98 Å². The lowest BCUT2D eigenvalue weighted by atomic mass is 10.0. The molecule has 3 aliphatic heterocycles. The lowest BCUT2D eigenvalue weighted by Gasteiger charge is -2.31. The van der Waals surface area contributed by atoms with Gasteiger partial charge in [-0.15, -0.1) is 11.3 Å². The van der Waals surface area contributed by atoms with Crippen LogP contribution in [0.15, 0.2) is 29.1 Å². The van der Waals surface area contributed by atoms with Crippen molar-refractivity contribution in [2.45, 2.75) is 32.6 Å². The molecule has 5 rings (SSSR count). The number of morpholine rings is 2. The molecule has 2 fully saturated rings. The number of anilines is 2. The minimum Gasteiger partial charge on any atom is -0.378 e. The highest BCUT2D eigenvalue weighted by Crippen LogP contribution is 2.38. The maximum atomic E-state index is 13.6. The number of hydrogen-bond donors (Lipinski definition) is 0. The van der Waals surface area contributed by atoms with Crippen molar-refractivity contribution in [1.82, 2.24) is 4.98 Å². The normalized spacial score (nSPS) is 17.4. The second-order valence-electron chi connectivity index (χ2n) is 8.58. The predicted molar refractivity (Wildman–Crippen MR) is 132 cm³/mol. The maximum Gasteiger partial charge on any atom is 0.206 e. The van der Waals surface area contributed by atoms with Gasteiger partial charge in [-0.3, -0.25) is 4.79 Å². The molecule has 1 aromatic carbocycles. The first-order valence-corrected chi connectivity index (χ1v) is 12.6. The number of fused-ring (bicyclic) bond motifs is 2. The number of rotatable bonds is 6. The average molecular weight is 454 g/mol. The highest BCUT2D eigenvalue weighted by atomic mass is 32.1. The van der Waals surface area contributed by atoms with Crippen molar-refractivity contribution in [2.24, 2.45) is 0 Å². The Morgan fingerprint density at radius 1 is 0.969 bits per heavy atom. The lowest BCUT2D eigenvalue weighted by Crippen LogP contribution is -2.39. The number of aromatic nitrogens is 1. The third kappa shape index (κ3) is 4.34. The first-order chi connectivity index (χ1) is 15.7. The average Bonchev–Trinajstić information content (AvgIpc) is 2.84. The largest absolute Gasteiger partial charge is 0.378 e. The van der Waals surface area contributed by atoms with Crippen molar-refractivity contribution >= 4 is 32.9 Å². The van der Waals surface area contributed by atoms with Gasteiger partial charge in [0.2, 0.25) is 5.43 Å². The molecule has 3 heterocycles. The topological polar surface area (TPSA) is 54.9 Å². The highest BCUT2D eigenvalue weighted by Gasteiger charge is 2.25. The third-order valence-electron chi connectivity index (χ3n) is 6.41. The van der Waals surface area contributed by atoms with Gasteiger partial charge in [0.05, 0.1) is 47.2 Å². The Kier molecular flexibility index (Phi) is 6.57. The molecule has 4 aliphatic rings. The van der Waals surface area contributed by atoms with Crippen LogP contribution in [-0.2, 0) is 15.9 Å². The van der Waals surface area contributed by atoms with Gasteiger partial charge in [0, 0.05) is 37.4 Å². The van der Waals surface area contributed by atoms with E-state index in [0.29, 0.717) is 13.2 Å². The molecule has 0 aromatic heterocycles. The summed E-state index contributed by atoms with van der Waals surface area (Å²) in [5.74, 6) is 0. The molecule has 7 heteroatoms. The summed E-state index contributed by atoms with van der Waals surface area (Å²) in [5, 5.41) is 0. The molecule has 0 amide bonds. The molecule has 0 spiro atoms. The van der Waals surface area contributed by atoms with Crippen LogP contribution in [0.5, 0.6) is 0 Å². The van der Waals surface area contributed by atoms with Crippen LogP contribution in [0.4, 0.5) is 11.4 Å². The fraction of sp³-hybridized carbons (Fsp3) is 0.520. The van der Waals surface area contributed by atoms with Crippen LogP contribution in [0.25, 0.3) is 20.8 Å². The standard InChI is InChI=1S/C25H31N3O3S/c1-2-3-4-5-18-16-21-25(23(24(18)29)28-10-14-31-15-11-28)32-22-17-19(6-7-20(22)26-21)27-8-12-30-13-9-27/h6-7,16-17H,2-5,8-15H2,1H3. The van der Waals surface area contributed by atoms with Crippen LogP contribution in [-0.4, -0.2) is 57.6 Å². The fourth-order valence-electron chi connectivity index (χ4n) is 4.62. The predicted octanol–water partition coefficient (Wildman–Crippen LogP) is 4.17. The van der Waals surface area contributed by atoms with Crippen LogP contribution in [0, 0.1) is 0 Å². The molecule has 1 aromatic rings. The van der Waals surface area contributed by atoms with E-state index >= 15 is 0 Å². The minimum absolute atomic E-state index is 0.178. The van der Waals surface area contributed by atoms with Gasteiger partial charge in [0.15, 0.2) is 0 Å². The molecule has 0 atom stereocenters. The Morgan fingerprint density at radius 3 is 2.41 bits per heavy atom. The number of benzene rings is 2. The first kappa shape index (κ1) is 21.6. The molecular weight excluding hydrogens is 422 g/mol. The number of nitrogens with zero attached hydrogens (tertiary/aromatic N) is 3. The van der Waals surface area contributed by atoms with E-state index < -0.39 is 0 Å². The van der Waals surface area contributed by atoms with E-state index in [-0.39, 0.29) is 5.43 Å². The van der Waals surface area contributed by atoms with Crippen molar-refractivity contribution < 1.29 is 9.47 Å². The van der Waals surface area contributed by atoms with Gasteiger partial charge < -0.3 is 19.3 Å². The minimum atomic E-state index is 0.178. The van der Waals surface area contributed by atoms with E-state index in [1.54, 1.807) is 11.3 Å². The molecule has 32 heavy (non-hydrogen) atoms. The molecule has 0 N–H and O–H groups in total. The quantitative estimate of drug-likeness (QED) is 0.413. The summed E-state index contributed by atoms with van der Waals surface area (Å²) in [7, 11) is 0. The summed E-state index contributed by atoms with van der Waals surface area (Å²) in [4.78, 5) is 24.2. The molecule has 1 aliphatic carbocycles. The van der Waals surface area contributed by atoms with Gasteiger partial charge in [-0.05, 0) is 37.1 Å². The van der Waals surface area contributed by atoms with Crippen LogP contribution in [0.1, 0.15) is 31.7 Å². The molecule has 2 saturated heterocycles. The highest BCUT2D eigenvalue weighted by molar-refractivity contribution is 7.22. The number of ether oxygens (including phenoxy) is 2. The second-order valence-corrected chi connectivity index (χ2v) is 9.64. The summed E-state index contributed by atoms with van der Waals surface area (Å²) in [5.41, 5.74) is 5.03. The summed E-state index contributed by atoms with van der Waals surface area (Å²) in [6.07, 6.45) is 4.15. The Morgan fingerprint density at radius 2 is 1.69 bits per heavy atom. The summed E-state index contributed by atoms with van der Waals surface area (Å²) < 4.78 is 12.2. The van der Waals surface area contributed by atoms with Crippen LogP contribution in [0.2, 0.25) is 0 Å². The van der Waals surface area contributed by atoms with Crippen molar-refractivity contribution in [3.8, 4) is 10.6 Å². The Labute approximate surface area is 193 Å². The summed E-state index contributed by atoms with van der Waals surface area (Å²) >= 11 is 1.70.